The van der Waals surface area contributed by atoms with Crippen LogP contribution in [0.1, 0.15) is 23.4 Å². The van der Waals surface area contributed by atoms with Gasteiger partial charge in [-0.3, -0.25) is 9.69 Å². The third-order valence-electron chi connectivity index (χ3n) is 4.52. The second-order valence-electron chi connectivity index (χ2n) is 6.63. The molecule has 0 atom stereocenters. The highest BCUT2D eigenvalue weighted by atomic mass is 16.5. The highest BCUT2D eigenvalue weighted by Gasteiger charge is 2.19. The van der Waals surface area contributed by atoms with Gasteiger partial charge in [0, 0.05) is 50.7 Å². The zero-order valence-corrected chi connectivity index (χ0v) is 15.3. The predicted molar refractivity (Wildman–Crippen MR) is 99.3 cm³/mol. The van der Waals surface area contributed by atoms with Gasteiger partial charge in [0.1, 0.15) is 12.4 Å². The Kier molecular flexibility index (Phi) is 6.68. The summed E-state index contributed by atoms with van der Waals surface area (Å²) < 4.78 is 5.59. The van der Waals surface area contributed by atoms with Crippen LogP contribution in [0, 0.1) is 6.92 Å². The molecule has 1 aliphatic heterocycles. The van der Waals surface area contributed by atoms with E-state index in [0.29, 0.717) is 6.61 Å². The van der Waals surface area contributed by atoms with Crippen molar-refractivity contribution in [1.82, 2.24) is 19.8 Å². The van der Waals surface area contributed by atoms with Crippen LogP contribution in [-0.2, 0) is 22.7 Å². The number of ether oxygens (including phenoxy) is 1. The summed E-state index contributed by atoms with van der Waals surface area (Å²) >= 11 is 0. The minimum atomic E-state index is 0.0708. The zero-order chi connectivity index (χ0) is 18.2. The maximum atomic E-state index is 12.4. The van der Waals surface area contributed by atoms with Crippen molar-refractivity contribution in [3.8, 4) is 0 Å². The van der Waals surface area contributed by atoms with Gasteiger partial charge in [0.15, 0.2) is 0 Å². The molecule has 2 heterocycles. The number of amides is 1. The lowest BCUT2D eigenvalue weighted by Gasteiger charge is -2.22. The molecule has 2 aromatic rings. The lowest BCUT2D eigenvalue weighted by atomic mass is 10.2. The third kappa shape index (κ3) is 5.61. The summed E-state index contributed by atoms with van der Waals surface area (Å²) in [6.45, 7) is 6.68. The maximum absolute atomic E-state index is 12.4. The first kappa shape index (κ1) is 18.5. The molecule has 1 aliphatic rings. The van der Waals surface area contributed by atoms with Crippen molar-refractivity contribution < 1.29 is 9.53 Å². The summed E-state index contributed by atoms with van der Waals surface area (Å²) in [5.74, 6) is 0.860. The highest BCUT2D eigenvalue weighted by molar-refractivity contribution is 5.77. The van der Waals surface area contributed by atoms with E-state index in [-0.39, 0.29) is 12.5 Å². The van der Waals surface area contributed by atoms with Gasteiger partial charge in [0.25, 0.3) is 0 Å². The molecule has 6 nitrogen and oxygen atoms in total. The Bertz CT molecular complexity index is 691. The van der Waals surface area contributed by atoms with Gasteiger partial charge < -0.3 is 9.64 Å². The molecule has 1 aromatic carbocycles. The van der Waals surface area contributed by atoms with Crippen molar-refractivity contribution in [2.24, 2.45) is 0 Å². The third-order valence-corrected chi connectivity index (χ3v) is 4.52. The van der Waals surface area contributed by atoms with E-state index in [1.54, 1.807) is 0 Å². The molecule has 1 fully saturated rings. The van der Waals surface area contributed by atoms with Crippen LogP contribution < -0.4 is 0 Å². The highest BCUT2D eigenvalue weighted by Crippen LogP contribution is 2.09. The van der Waals surface area contributed by atoms with Gasteiger partial charge in [-0.2, -0.15) is 0 Å². The van der Waals surface area contributed by atoms with Crippen molar-refractivity contribution in [1.29, 1.82) is 0 Å². The van der Waals surface area contributed by atoms with E-state index in [0.717, 1.165) is 56.1 Å². The molecule has 0 unspecified atom stereocenters. The molecule has 0 saturated carbocycles. The van der Waals surface area contributed by atoms with Crippen molar-refractivity contribution in [3.05, 3.63) is 59.7 Å². The van der Waals surface area contributed by atoms with Crippen LogP contribution in [0.15, 0.2) is 42.7 Å². The van der Waals surface area contributed by atoms with Crippen LogP contribution in [0.4, 0.5) is 0 Å². The molecule has 0 bridgehead atoms. The molecule has 3 rings (SSSR count). The number of carbonyl (C=O) groups excluding carboxylic acids is 1. The second kappa shape index (κ2) is 9.40. The number of benzene rings is 1. The molecule has 1 saturated heterocycles. The fourth-order valence-corrected chi connectivity index (χ4v) is 3.06. The maximum Gasteiger partial charge on any atom is 0.248 e. The fraction of sp³-hybridized carbons (Fsp3) is 0.450. The molecule has 6 heteroatoms. The summed E-state index contributed by atoms with van der Waals surface area (Å²) in [5.41, 5.74) is 2.20. The first-order valence-corrected chi connectivity index (χ1v) is 9.10. The summed E-state index contributed by atoms with van der Waals surface area (Å²) in [6.07, 6.45) is 4.73. The topological polar surface area (TPSA) is 58.6 Å². The Morgan fingerprint density at radius 2 is 1.81 bits per heavy atom. The average Bonchev–Trinajstić information content (AvgIpc) is 2.90. The first-order chi connectivity index (χ1) is 12.7. The molecule has 0 spiro atoms. The summed E-state index contributed by atoms with van der Waals surface area (Å²) in [6, 6.07) is 9.93. The van der Waals surface area contributed by atoms with Gasteiger partial charge in [-0.25, -0.2) is 9.97 Å². The van der Waals surface area contributed by atoms with Crippen molar-refractivity contribution in [3.63, 3.8) is 0 Å². The van der Waals surface area contributed by atoms with Crippen LogP contribution in [0.2, 0.25) is 0 Å². The standard InChI is InChI=1S/C20H26N4O2/c1-17-21-12-19(13-22-17)14-23-8-5-9-24(11-10-23)20(25)16-26-15-18-6-3-2-4-7-18/h2-4,6-7,12-13H,5,8-11,14-16H2,1H3. The molecule has 1 aromatic heterocycles. The number of carbonyl (C=O) groups is 1. The number of aromatic nitrogens is 2. The molecule has 0 N–H and O–H groups in total. The monoisotopic (exact) mass is 354 g/mol. The van der Waals surface area contributed by atoms with Crippen molar-refractivity contribution in [2.45, 2.75) is 26.5 Å². The van der Waals surface area contributed by atoms with Crippen LogP contribution in [0.3, 0.4) is 0 Å². The van der Waals surface area contributed by atoms with Crippen LogP contribution >= 0.6 is 0 Å². The molecule has 1 amide bonds. The quantitative estimate of drug-likeness (QED) is 0.794. The lowest BCUT2D eigenvalue weighted by molar-refractivity contribution is -0.136. The Balaban J connectivity index is 1.42. The fourth-order valence-electron chi connectivity index (χ4n) is 3.06. The smallest absolute Gasteiger partial charge is 0.248 e. The number of nitrogens with zero attached hydrogens (tertiary/aromatic N) is 4. The van der Waals surface area contributed by atoms with E-state index in [1.165, 1.54) is 0 Å². The van der Waals surface area contributed by atoms with Crippen molar-refractivity contribution in [2.75, 3.05) is 32.8 Å². The van der Waals surface area contributed by atoms with E-state index in [1.807, 2.05) is 54.5 Å². The minimum Gasteiger partial charge on any atom is -0.367 e. The van der Waals surface area contributed by atoms with E-state index < -0.39 is 0 Å². The van der Waals surface area contributed by atoms with Gasteiger partial charge in [-0.15, -0.1) is 0 Å². The molecule has 0 radical (unpaired) electrons. The van der Waals surface area contributed by atoms with E-state index in [9.17, 15) is 4.79 Å². The number of hydrogen-bond donors (Lipinski definition) is 0. The summed E-state index contributed by atoms with van der Waals surface area (Å²) in [5, 5.41) is 0. The average molecular weight is 354 g/mol. The number of hydrogen-bond acceptors (Lipinski definition) is 5. The predicted octanol–water partition coefficient (Wildman–Crippen LogP) is 2.04. The van der Waals surface area contributed by atoms with Gasteiger partial charge in [-0.1, -0.05) is 30.3 Å². The van der Waals surface area contributed by atoms with Gasteiger partial charge in [0.05, 0.1) is 6.61 Å². The Morgan fingerprint density at radius 1 is 1.04 bits per heavy atom. The van der Waals surface area contributed by atoms with Gasteiger partial charge in [-0.05, 0) is 18.9 Å². The molecular formula is C20H26N4O2. The van der Waals surface area contributed by atoms with Crippen LogP contribution in [-0.4, -0.2) is 58.5 Å². The minimum absolute atomic E-state index is 0.0708. The Labute approximate surface area is 154 Å². The number of rotatable bonds is 6. The SMILES string of the molecule is Cc1ncc(CN2CCCN(C(=O)COCc3ccccc3)CC2)cn1. The lowest BCUT2D eigenvalue weighted by Crippen LogP contribution is -2.37. The van der Waals surface area contributed by atoms with Gasteiger partial charge in [0.2, 0.25) is 5.91 Å². The van der Waals surface area contributed by atoms with E-state index in [2.05, 4.69) is 14.9 Å². The molecular weight excluding hydrogens is 328 g/mol. The Hall–Kier alpha value is -2.31. The van der Waals surface area contributed by atoms with E-state index >= 15 is 0 Å². The summed E-state index contributed by atoms with van der Waals surface area (Å²) in [7, 11) is 0. The molecule has 26 heavy (non-hydrogen) atoms. The van der Waals surface area contributed by atoms with Crippen molar-refractivity contribution >= 4 is 5.91 Å². The zero-order valence-electron chi connectivity index (χ0n) is 15.3. The molecule has 138 valence electrons. The summed E-state index contributed by atoms with van der Waals surface area (Å²) in [4.78, 5) is 25.2. The second-order valence-corrected chi connectivity index (χ2v) is 6.63. The number of aryl methyl sites for hydroxylation is 1. The Morgan fingerprint density at radius 3 is 2.58 bits per heavy atom. The normalized spacial score (nSPS) is 15.7. The van der Waals surface area contributed by atoms with Crippen LogP contribution in [0.5, 0.6) is 0 Å². The molecule has 0 aliphatic carbocycles. The first-order valence-electron chi connectivity index (χ1n) is 9.10. The largest absolute Gasteiger partial charge is 0.367 e. The van der Waals surface area contributed by atoms with E-state index in [4.69, 9.17) is 4.74 Å². The van der Waals surface area contributed by atoms with Gasteiger partial charge >= 0.3 is 0 Å². The van der Waals surface area contributed by atoms with Crippen LogP contribution in [0.25, 0.3) is 0 Å².